The van der Waals surface area contributed by atoms with Crippen LogP contribution in [0.2, 0.25) is 0 Å². The van der Waals surface area contributed by atoms with Crippen LogP contribution in [0.15, 0.2) is 41.3 Å². The number of amides is 1. The summed E-state index contributed by atoms with van der Waals surface area (Å²) in [7, 11) is 1.00. The maximum absolute atomic E-state index is 13.3. The number of benzene rings is 2. The van der Waals surface area contributed by atoms with Crippen LogP contribution >= 0.6 is 0 Å². The van der Waals surface area contributed by atoms with Crippen molar-refractivity contribution in [3.8, 4) is 17.2 Å². The largest absolute Gasteiger partial charge is 0.496 e. The monoisotopic (exact) mass is 491 g/mol. The first-order valence-corrected chi connectivity index (χ1v) is 12.7. The molecule has 34 heavy (non-hydrogen) atoms. The van der Waals surface area contributed by atoms with E-state index in [2.05, 4.69) is 0 Å². The van der Waals surface area contributed by atoms with E-state index in [1.807, 2.05) is 18.7 Å². The third-order valence-corrected chi connectivity index (χ3v) is 8.09. The van der Waals surface area contributed by atoms with Crippen molar-refractivity contribution in [3.63, 3.8) is 0 Å². The number of rotatable bonds is 9. The molecule has 0 aromatic heterocycles. The van der Waals surface area contributed by atoms with Gasteiger partial charge in [0.05, 0.1) is 31.9 Å². The molecule has 0 aliphatic carbocycles. The molecule has 1 amide bonds. The molecule has 1 fully saturated rings. The van der Waals surface area contributed by atoms with Crippen molar-refractivity contribution in [1.29, 1.82) is 0 Å². The van der Waals surface area contributed by atoms with E-state index in [1.54, 1.807) is 48.4 Å². The van der Waals surface area contributed by atoms with Crippen LogP contribution in [0.5, 0.6) is 17.2 Å². The molecule has 0 atom stereocenters. The molecule has 1 aliphatic rings. The normalized spacial score (nSPS) is 14.3. The van der Waals surface area contributed by atoms with Gasteiger partial charge >= 0.3 is 0 Å². The van der Waals surface area contributed by atoms with Crippen LogP contribution in [0.3, 0.4) is 0 Å². The zero-order chi connectivity index (χ0) is 24.9. The van der Waals surface area contributed by atoms with E-state index >= 15 is 0 Å². The highest BCUT2D eigenvalue weighted by atomic mass is 32.2. The Bertz CT molecular complexity index is 1090. The number of sulfonamides is 1. The number of nitrogens with zero attached hydrogens (tertiary/aromatic N) is 3. The lowest BCUT2D eigenvalue weighted by Gasteiger charge is -2.37. The lowest BCUT2D eigenvalue weighted by Crippen LogP contribution is -2.49. The van der Waals surface area contributed by atoms with Crippen LogP contribution in [0, 0.1) is 0 Å². The van der Waals surface area contributed by atoms with Crippen LogP contribution < -0.4 is 19.1 Å². The Labute approximate surface area is 201 Å². The summed E-state index contributed by atoms with van der Waals surface area (Å²) in [6.07, 6.45) is 0. The van der Waals surface area contributed by atoms with Gasteiger partial charge in [0, 0.05) is 39.3 Å². The minimum absolute atomic E-state index is 0.168. The standard InChI is InChI=1S/C24H33N3O6S/c1-6-27(7-2)34(29,30)18-11-12-20(31-3)19(17-18)25-13-15-26(16-14-25)24(28)23-21(32-4)9-8-10-22(23)33-5/h8-12,17H,6-7,13-16H2,1-5H3. The van der Waals surface area contributed by atoms with Gasteiger partial charge in [-0.3, -0.25) is 4.79 Å². The molecule has 2 aromatic carbocycles. The summed E-state index contributed by atoms with van der Waals surface area (Å²) in [5.41, 5.74) is 1.09. The second-order valence-electron chi connectivity index (χ2n) is 7.74. The van der Waals surface area contributed by atoms with E-state index in [4.69, 9.17) is 14.2 Å². The van der Waals surface area contributed by atoms with Gasteiger partial charge < -0.3 is 24.0 Å². The summed E-state index contributed by atoms with van der Waals surface area (Å²) in [4.78, 5) is 17.3. The van der Waals surface area contributed by atoms with Crippen LogP contribution in [0.4, 0.5) is 5.69 Å². The predicted octanol–water partition coefficient (Wildman–Crippen LogP) is 2.71. The zero-order valence-corrected chi connectivity index (χ0v) is 21.2. The Hall–Kier alpha value is -2.98. The molecule has 0 N–H and O–H groups in total. The molecular formula is C24H33N3O6S. The van der Waals surface area contributed by atoms with Crippen molar-refractivity contribution >= 4 is 21.6 Å². The molecule has 10 heteroatoms. The number of hydrogen-bond donors (Lipinski definition) is 0. The number of ether oxygens (including phenoxy) is 3. The highest BCUT2D eigenvalue weighted by molar-refractivity contribution is 7.89. The van der Waals surface area contributed by atoms with Crippen LogP contribution in [0.25, 0.3) is 0 Å². The van der Waals surface area contributed by atoms with Crippen molar-refractivity contribution in [2.45, 2.75) is 18.7 Å². The zero-order valence-electron chi connectivity index (χ0n) is 20.4. The fourth-order valence-corrected chi connectivity index (χ4v) is 5.64. The van der Waals surface area contributed by atoms with Crippen LogP contribution in [-0.2, 0) is 10.0 Å². The van der Waals surface area contributed by atoms with Gasteiger partial charge in [0.15, 0.2) is 0 Å². The van der Waals surface area contributed by atoms with Crippen molar-refractivity contribution in [2.24, 2.45) is 0 Å². The number of carbonyl (C=O) groups is 1. The van der Waals surface area contributed by atoms with Gasteiger partial charge in [-0.1, -0.05) is 19.9 Å². The molecule has 1 saturated heterocycles. The van der Waals surface area contributed by atoms with Gasteiger partial charge in [-0.15, -0.1) is 0 Å². The van der Waals surface area contributed by atoms with Crippen LogP contribution in [-0.4, -0.2) is 84.1 Å². The van der Waals surface area contributed by atoms with Gasteiger partial charge in [-0.2, -0.15) is 4.31 Å². The summed E-state index contributed by atoms with van der Waals surface area (Å²) >= 11 is 0. The quantitative estimate of drug-likeness (QED) is 0.533. The molecule has 0 unspecified atom stereocenters. The van der Waals surface area contributed by atoms with E-state index in [0.717, 1.165) is 0 Å². The lowest BCUT2D eigenvalue weighted by molar-refractivity contribution is 0.0739. The Morgan fingerprint density at radius 3 is 1.94 bits per heavy atom. The fourth-order valence-electron chi connectivity index (χ4n) is 4.16. The molecule has 3 rings (SSSR count). The molecule has 0 radical (unpaired) electrons. The van der Waals surface area contributed by atoms with Crippen molar-refractivity contribution < 1.29 is 27.4 Å². The highest BCUT2D eigenvalue weighted by Crippen LogP contribution is 2.34. The summed E-state index contributed by atoms with van der Waals surface area (Å²) in [6, 6.07) is 10.2. The minimum Gasteiger partial charge on any atom is -0.496 e. The summed E-state index contributed by atoms with van der Waals surface area (Å²) in [5.74, 6) is 1.34. The van der Waals surface area contributed by atoms with E-state index < -0.39 is 10.0 Å². The molecule has 0 spiro atoms. The Kier molecular flexibility index (Phi) is 8.27. The SMILES string of the molecule is CCN(CC)S(=O)(=O)c1ccc(OC)c(N2CCN(C(=O)c3c(OC)cccc3OC)CC2)c1. The van der Waals surface area contributed by atoms with Crippen molar-refractivity contribution in [3.05, 3.63) is 42.0 Å². The average Bonchev–Trinajstić information content (AvgIpc) is 2.87. The summed E-state index contributed by atoms with van der Waals surface area (Å²) in [6.45, 7) is 6.38. The topological polar surface area (TPSA) is 88.6 Å². The molecule has 1 heterocycles. The van der Waals surface area contributed by atoms with E-state index in [0.29, 0.717) is 67.8 Å². The highest BCUT2D eigenvalue weighted by Gasteiger charge is 2.29. The second-order valence-corrected chi connectivity index (χ2v) is 9.68. The van der Waals surface area contributed by atoms with E-state index in [9.17, 15) is 13.2 Å². The molecule has 9 nitrogen and oxygen atoms in total. The molecule has 186 valence electrons. The summed E-state index contributed by atoms with van der Waals surface area (Å²) < 4.78 is 43.8. The first-order chi connectivity index (χ1) is 16.3. The van der Waals surface area contributed by atoms with Gasteiger partial charge in [0.25, 0.3) is 5.91 Å². The summed E-state index contributed by atoms with van der Waals surface area (Å²) in [5, 5.41) is 0. The van der Waals surface area contributed by atoms with Gasteiger partial charge in [-0.25, -0.2) is 8.42 Å². The second kappa shape index (κ2) is 11.0. The minimum atomic E-state index is -3.60. The first kappa shape index (κ1) is 25.6. The molecule has 0 saturated carbocycles. The third-order valence-electron chi connectivity index (χ3n) is 6.04. The van der Waals surface area contributed by atoms with Gasteiger partial charge in [0.1, 0.15) is 22.8 Å². The Morgan fingerprint density at radius 1 is 0.882 bits per heavy atom. The van der Waals surface area contributed by atoms with Crippen molar-refractivity contribution in [1.82, 2.24) is 9.21 Å². The van der Waals surface area contributed by atoms with Gasteiger partial charge in [0.2, 0.25) is 10.0 Å². The predicted molar refractivity (Wildman–Crippen MR) is 131 cm³/mol. The van der Waals surface area contributed by atoms with Gasteiger partial charge in [-0.05, 0) is 30.3 Å². The molecule has 0 bridgehead atoms. The fraction of sp³-hybridized carbons (Fsp3) is 0.458. The van der Waals surface area contributed by atoms with Crippen molar-refractivity contribution in [2.75, 3.05) is 65.5 Å². The average molecular weight is 492 g/mol. The molecule has 1 aliphatic heterocycles. The first-order valence-electron chi connectivity index (χ1n) is 11.3. The Morgan fingerprint density at radius 2 is 1.44 bits per heavy atom. The number of piperazine rings is 1. The maximum atomic E-state index is 13.3. The Balaban J connectivity index is 1.84. The van der Waals surface area contributed by atoms with E-state index in [1.165, 1.54) is 18.5 Å². The molecule has 2 aromatic rings. The lowest BCUT2D eigenvalue weighted by atomic mass is 10.1. The smallest absolute Gasteiger partial charge is 0.261 e. The van der Waals surface area contributed by atoms with E-state index in [-0.39, 0.29) is 10.8 Å². The number of carbonyl (C=O) groups excluding carboxylic acids is 1. The number of anilines is 1. The maximum Gasteiger partial charge on any atom is 0.261 e. The number of hydrogen-bond acceptors (Lipinski definition) is 7. The molecular weight excluding hydrogens is 458 g/mol. The number of methoxy groups -OCH3 is 3. The van der Waals surface area contributed by atoms with Crippen LogP contribution in [0.1, 0.15) is 24.2 Å². The third kappa shape index (κ3) is 4.92.